The average molecular weight is 411 g/mol. The quantitative estimate of drug-likeness (QED) is 0.687. The smallest absolute Gasteiger partial charge is 0.412 e. The first-order valence-electron chi connectivity index (χ1n) is 8.03. The van der Waals surface area contributed by atoms with Gasteiger partial charge in [0.25, 0.3) is 5.91 Å². The lowest BCUT2D eigenvalue weighted by atomic mass is 10.2. The molecule has 27 heavy (non-hydrogen) atoms. The van der Waals surface area contributed by atoms with E-state index in [0.717, 1.165) is 0 Å². The molecule has 144 valence electrons. The second-order valence-corrected chi connectivity index (χ2v) is 7.44. The molecule has 0 saturated carbocycles. The molecule has 0 heterocycles. The maximum Gasteiger partial charge on any atom is 0.412 e. The van der Waals surface area contributed by atoms with Gasteiger partial charge in [-0.3, -0.25) is 10.1 Å². The van der Waals surface area contributed by atoms with Crippen molar-refractivity contribution < 1.29 is 19.1 Å². The van der Waals surface area contributed by atoms with E-state index in [1.165, 1.54) is 13.2 Å². The van der Waals surface area contributed by atoms with E-state index in [1.807, 2.05) is 0 Å². The van der Waals surface area contributed by atoms with Gasteiger partial charge < -0.3 is 14.8 Å². The van der Waals surface area contributed by atoms with Crippen LogP contribution in [0, 0.1) is 0 Å². The number of methoxy groups -OCH3 is 1. The summed E-state index contributed by atoms with van der Waals surface area (Å²) in [5.41, 5.74) is 0.523. The van der Waals surface area contributed by atoms with Crippen LogP contribution in [-0.4, -0.2) is 24.7 Å². The summed E-state index contributed by atoms with van der Waals surface area (Å²) < 4.78 is 10.5. The highest BCUT2D eigenvalue weighted by Crippen LogP contribution is 2.29. The van der Waals surface area contributed by atoms with E-state index in [1.54, 1.807) is 51.1 Å². The third kappa shape index (κ3) is 6.05. The van der Waals surface area contributed by atoms with Crippen molar-refractivity contribution in [2.75, 3.05) is 17.7 Å². The largest absolute Gasteiger partial charge is 0.495 e. The minimum absolute atomic E-state index is 0.284. The number of nitrogens with one attached hydrogen (secondary N) is 2. The van der Waals surface area contributed by atoms with Crippen LogP contribution in [0.3, 0.4) is 0 Å². The summed E-state index contributed by atoms with van der Waals surface area (Å²) in [5.74, 6) is 0.0512. The molecule has 0 aliphatic rings. The summed E-state index contributed by atoms with van der Waals surface area (Å²) in [5, 5.41) is 5.99. The number of hydrogen-bond donors (Lipinski definition) is 2. The van der Waals surface area contributed by atoms with E-state index in [9.17, 15) is 9.59 Å². The highest BCUT2D eigenvalue weighted by molar-refractivity contribution is 6.42. The fraction of sp³-hybridized carbons (Fsp3) is 0.263. The van der Waals surface area contributed by atoms with Crippen LogP contribution in [-0.2, 0) is 4.74 Å². The zero-order chi connectivity index (χ0) is 20.2. The van der Waals surface area contributed by atoms with Crippen LogP contribution in [0.4, 0.5) is 16.2 Å². The Morgan fingerprint density at radius 2 is 1.67 bits per heavy atom. The highest BCUT2D eigenvalue weighted by Gasteiger charge is 2.18. The maximum atomic E-state index is 12.4. The molecule has 0 radical (unpaired) electrons. The second kappa shape index (κ2) is 8.50. The van der Waals surface area contributed by atoms with Gasteiger partial charge in [0.2, 0.25) is 0 Å². The molecule has 0 bridgehead atoms. The number of carbonyl (C=O) groups is 2. The van der Waals surface area contributed by atoms with Gasteiger partial charge in [-0.2, -0.15) is 0 Å². The Bertz CT molecular complexity index is 863. The van der Waals surface area contributed by atoms with Crippen molar-refractivity contribution in [1.29, 1.82) is 0 Å². The van der Waals surface area contributed by atoms with Crippen LogP contribution in [0.15, 0.2) is 36.4 Å². The molecule has 2 aromatic carbocycles. The maximum absolute atomic E-state index is 12.4. The van der Waals surface area contributed by atoms with Gasteiger partial charge in [0.1, 0.15) is 11.4 Å². The van der Waals surface area contributed by atoms with Crippen LogP contribution in [0.5, 0.6) is 5.75 Å². The summed E-state index contributed by atoms with van der Waals surface area (Å²) in [6, 6.07) is 9.42. The summed E-state index contributed by atoms with van der Waals surface area (Å²) in [6.45, 7) is 5.28. The first-order chi connectivity index (χ1) is 12.6. The van der Waals surface area contributed by atoms with Crippen LogP contribution < -0.4 is 15.4 Å². The van der Waals surface area contributed by atoms with Gasteiger partial charge in [-0.1, -0.05) is 23.2 Å². The molecule has 0 aliphatic carbocycles. The predicted molar refractivity (Wildman–Crippen MR) is 107 cm³/mol. The number of halogens is 2. The number of amides is 2. The molecule has 0 fully saturated rings. The molecule has 2 aromatic rings. The van der Waals surface area contributed by atoms with Crippen molar-refractivity contribution in [3.8, 4) is 5.75 Å². The number of hydrogen-bond acceptors (Lipinski definition) is 4. The molecule has 2 rings (SSSR count). The van der Waals surface area contributed by atoms with E-state index in [-0.39, 0.29) is 10.9 Å². The lowest BCUT2D eigenvalue weighted by Crippen LogP contribution is -2.27. The van der Waals surface area contributed by atoms with Crippen molar-refractivity contribution in [3.05, 3.63) is 52.0 Å². The molecule has 8 heteroatoms. The molecule has 0 saturated heterocycles. The van der Waals surface area contributed by atoms with Crippen LogP contribution >= 0.6 is 23.2 Å². The number of ether oxygens (including phenoxy) is 2. The van der Waals surface area contributed by atoms with Crippen molar-refractivity contribution in [1.82, 2.24) is 0 Å². The fourth-order valence-corrected chi connectivity index (χ4v) is 2.44. The molecule has 2 N–H and O–H groups in total. The van der Waals surface area contributed by atoms with Crippen LogP contribution in [0.2, 0.25) is 10.0 Å². The van der Waals surface area contributed by atoms with Gasteiger partial charge in [-0.25, -0.2) is 4.79 Å². The summed E-state index contributed by atoms with van der Waals surface area (Å²) in [4.78, 5) is 24.4. The summed E-state index contributed by atoms with van der Waals surface area (Å²) >= 11 is 11.8. The van der Waals surface area contributed by atoms with E-state index < -0.39 is 11.7 Å². The van der Waals surface area contributed by atoms with Crippen molar-refractivity contribution >= 4 is 46.6 Å². The Morgan fingerprint density at radius 3 is 2.26 bits per heavy atom. The topological polar surface area (TPSA) is 76.7 Å². The molecular weight excluding hydrogens is 391 g/mol. The first kappa shape index (κ1) is 20.9. The Labute approximate surface area is 167 Å². The SMILES string of the molecule is COc1ccc(NC(=O)c2ccc(Cl)c(Cl)c2)cc1NC(=O)OC(C)(C)C. The average Bonchev–Trinajstić information content (AvgIpc) is 2.55. The number of carbonyl (C=O) groups excluding carboxylic acids is 2. The third-order valence-electron chi connectivity index (χ3n) is 3.27. The van der Waals surface area contributed by atoms with Gasteiger partial charge in [0.05, 0.1) is 22.8 Å². The number of benzene rings is 2. The van der Waals surface area contributed by atoms with Crippen molar-refractivity contribution in [2.24, 2.45) is 0 Å². The number of anilines is 2. The van der Waals surface area contributed by atoms with E-state index in [0.29, 0.717) is 27.7 Å². The third-order valence-corrected chi connectivity index (χ3v) is 4.01. The summed E-state index contributed by atoms with van der Waals surface area (Å²) in [7, 11) is 1.48. The first-order valence-corrected chi connectivity index (χ1v) is 8.79. The van der Waals surface area contributed by atoms with Gasteiger partial charge in [-0.05, 0) is 57.2 Å². The van der Waals surface area contributed by atoms with Crippen LogP contribution in [0.25, 0.3) is 0 Å². The predicted octanol–water partition coefficient (Wildman–Crippen LogP) is 5.60. The zero-order valence-electron chi connectivity index (χ0n) is 15.4. The van der Waals surface area contributed by atoms with Crippen molar-refractivity contribution in [2.45, 2.75) is 26.4 Å². The molecular formula is C19H20Cl2N2O4. The zero-order valence-corrected chi connectivity index (χ0v) is 16.9. The van der Waals surface area contributed by atoms with E-state index in [2.05, 4.69) is 10.6 Å². The molecule has 0 aromatic heterocycles. The Kier molecular flexibility index (Phi) is 6.57. The Balaban J connectivity index is 2.19. The van der Waals surface area contributed by atoms with Gasteiger partial charge in [-0.15, -0.1) is 0 Å². The molecule has 0 aliphatic heterocycles. The minimum Gasteiger partial charge on any atom is -0.495 e. The monoisotopic (exact) mass is 410 g/mol. The van der Waals surface area contributed by atoms with Gasteiger partial charge in [0, 0.05) is 11.3 Å². The molecule has 0 atom stereocenters. The summed E-state index contributed by atoms with van der Waals surface area (Å²) in [6.07, 6.45) is -0.631. The van der Waals surface area contributed by atoms with Gasteiger partial charge >= 0.3 is 6.09 Å². The minimum atomic E-state index is -0.642. The highest BCUT2D eigenvalue weighted by atomic mass is 35.5. The van der Waals surface area contributed by atoms with E-state index >= 15 is 0 Å². The standard InChI is InChI=1S/C19H20Cl2N2O4/c1-19(2,3)27-18(25)23-15-10-12(6-8-16(15)26-4)22-17(24)11-5-7-13(20)14(21)9-11/h5-10H,1-4H3,(H,22,24)(H,23,25). The van der Waals surface area contributed by atoms with Crippen molar-refractivity contribution in [3.63, 3.8) is 0 Å². The molecule has 2 amide bonds. The Morgan fingerprint density at radius 1 is 0.963 bits per heavy atom. The Hall–Kier alpha value is -2.44. The van der Waals surface area contributed by atoms with Gasteiger partial charge in [0.15, 0.2) is 0 Å². The van der Waals surface area contributed by atoms with Crippen LogP contribution in [0.1, 0.15) is 31.1 Å². The normalized spacial score (nSPS) is 10.9. The number of rotatable bonds is 4. The fourth-order valence-electron chi connectivity index (χ4n) is 2.14. The van der Waals surface area contributed by atoms with E-state index in [4.69, 9.17) is 32.7 Å². The molecule has 0 spiro atoms. The molecule has 0 unspecified atom stereocenters. The lowest BCUT2D eigenvalue weighted by molar-refractivity contribution is 0.0635. The molecule has 6 nitrogen and oxygen atoms in total. The second-order valence-electron chi connectivity index (χ2n) is 6.62. The lowest BCUT2D eigenvalue weighted by Gasteiger charge is -2.20.